The molecular formula is C21H18Cl2OS. The standard InChI is InChI=1S/C21H18Cl2OS/c1-2-25-17-9-10-18(20(23)13-17)19-12-16(22)8-11-21(19)24-14-15-6-4-3-5-7-15/h3-13H,2,14H2,1H3. The first-order valence-electron chi connectivity index (χ1n) is 8.06. The molecule has 0 unspecified atom stereocenters. The van der Waals surface area contributed by atoms with E-state index < -0.39 is 0 Å². The van der Waals surface area contributed by atoms with E-state index in [1.54, 1.807) is 11.8 Å². The Labute approximate surface area is 162 Å². The number of thioether (sulfide) groups is 1. The highest BCUT2D eigenvalue weighted by Gasteiger charge is 2.12. The molecule has 0 amide bonds. The molecule has 0 spiro atoms. The van der Waals surface area contributed by atoms with Crippen molar-refractivity contribution >= 4 is 35.0 Å². The predicted molar refractivity (Wildman–Crippen MR) is 109 cm³/mol. The third-order valence-electron chi connectivity index (χ3n) is 3.72. The predicted octanol–water partition coefficient (Wildman–Crippen LogP) is 7.35. The van der Waals surface area contributed by atoms with Crippen molar-refractivity contribution in [2.75, 3.05) is 5.75 Å². The molecule has 0 aliphatic heterocycles. The molecule has 0 atom stereocenters. The SMILES string of the molecule is CCSc1ccc(-c2cc(Cl)ccc2OCc2ccccc2)c(Cl)c1. The van der Waals surface area contributed by atoms with E-state index in [0.29, 0.717) is 16.7 Å². The third kappa shape index (κ3) is 4.72. The summed E-state index contributed by atoms with van der Waals surface area (Å²) in [7, 11) is 0. The molecule has 0 fully saturated rings. The van der Waals surface area contributed by atoms with E-state index in [2.05, 4.69) is 13.0 Å². The second kappa shape index (κ2) is 8.66. The summed E-state index contributed by atoms with van der Waals surface area (Å²) in [5.41, 5.74) is 2.94. The molecular weight excluding hydrogens is 371 g/mol. The van der Waals surface area contributed by atoms with Gasteiger partial charge in [0.25, 0.3) is 0 Å². The van der Waals surface area contributed by atoms with Crippen LogP contribution < -0.4 is 4.74 Å². The summed E-state index contributed by atoms with van der Waals surface area (Å²) in [6.45, 7) is 2.62. The number of ether oxygens (including phenoxy) is 1. The minimum atomic E-state index is 0.497. The summed E-state index contributed by atoms with van der Waals surface area (Å²) in [4.78, 5) is 1.16. The molecule has 0 N–H and O–H groups in total. The van der Waals surface area contributed by atoms with Crippen molar-refractivity contribution < 1.29 is 4.74 Å². The van der Waals surface area contributed by atoms with Gasteiger partial charge in [-0.2, -0.15) is 0 Å². The third-order valence-corrected chi connectivity index (χ3v) is 5.14. The van der Waals surface area contributed by atoms with Crippen molar-refractivity contribution in [3.05, 3.63) is 82.3 Å². The van der Waals surface area contributed by atoms with Gasteiger partial charge >= 0.3 is 0 Å². The van der Waals surface area contributed by atoms with E-state index >= 15 is 0 Å². The number of halogens is 2. The molecule has 0 saturated heterocycles. The molecule has 25 heavy (non-hydrogen) atoms. The molecule has 128 valence electrons. The van der Waals surface area contributed by atoms with Crippen LogP contribution in [0.4, 0.5) is 0 Å². The van der Waals surface area contributed by atoms with Gasteiger partial charge in [0.05, 0.1) is 0 Å². The van der Waals surface area contributed by atoms with Gasteiger partial charge in [-0.3, -0.25) is 0 Å². The first-order valence-corrected chi connectivity index (χ1v) is 9.80. The maximum absolute atomic E-state index is 6.53. The second-order valence-electron chi connectivity index (χ2n) is 5.49. The first-order chi connectivity index (χ1) is 12.2. The van der Waals surface area contributed by atoms with Gasteiger partial charge in [0.2, 0.25) is 0 Å². The molecule has 0 saturated carbocycles. The number of rotatable bonds is 6. The van der Waals surface area contributed by atoms with Crippen LogP contribution in [0.25, 0.3) is 11.1 Å². The van der Waals surface area contributed by atoms with E-state index in [1.165, 1.54) is 0 Å². The number of hydrogen-bond donors (Lipinski definition) is 0. The van der Waals surface area contributed by atoms with Crippen molar-refractivity contribution in [1.29, 1.82) is 0 Å². The number of benzene rings is 3. The molecule has 0 heterocycles. The van der Waals surface area contributed by atoms with Gasteiger partial charge in [-0.25, -0.2) is 0 Å². The van der Waals surface area contributed by atoms with Crippen LogP contribution in [0.1, 0.15) is 12.5 Å². The summed E-state index contributed by atoms with van der Waals surface area (Å²) in [6.07, 6.45) is 0. The van der Waals surface area contributed by atoms with Crippen molar-refractivity contribution in [3.8, 4) is 16.9 Å². The zero-order chi connectivity index (χ0) is 17.6. The van der Waals surface area contributed by atoms with Gasteiger partial charge < -0.3 is 4.74 Å². The molecule has 3 aromatic rings. The highest BCUT2D eigenvalue weighted by atomic mass is 35.5. The molecule has 3 rings (SSSR count). The van der Waals surface area contributed by atoms with Crippen LogP contribution in [0.2, 0.25) is 10.0 Å². The van der Waals surface area contributed by atoms with Gasteiger partial charge in [0.1, 0.15) is 12.4 Å². The van der Waals surface area contributed by atoms with Crippen LogP contribution in [0, 0.1) is 0 Å². The van der Waals surface area contributed by atoms with Gasteiger partial charge in [-0.15, -0.1) is 11.8 Å². The van der Waals surface area contributed by atoms with Crippen LogP contribution in [0.3, 0.4) is 0 Å². The van der Waals surface area contributed by atoms with Gasteiger partial charge in [0, 0.05) is 26.1 Å². The van der Waals surface area contributed by atoms with Crippen LogP contribution in [-0.4, -0.2) is 5.75 Å². The van der Waals surface area contributed by atoms with Gasteiger partial charge in [-0.05, 0) is 41.6 Å². The molecule has 0 bridgehead atoms. The van der Waals surface area contributed by atoms with Crippen molar-refractivity contribution in [1.82, 2.24) is 0 Å². The Morgan fingerprint density at radius 1 is 0.880 bits per heavy atom. The molecule has 0 aliphatic carbocycles. The summed E-state index contributed by atoms with van der Waals surface area (Å²) >= 11 is 14.5. The second-order valence-corrected chi connectivity index (χ2v) is 7.67. The van der Waals surface area contributed by atoms with E-state index in [-0.39, 0.29) is 0 Å². The van der Waals surface area contributed by atoms with Gasteiger partial charge in [-0.1, -0.05) is 66.5 Å². The average Bonchev–Trinajstić information content (AvgIpc) is 2.62. The maximum atomic E-state index is 6.53. The van der Waals surface area contributed by atoms with E-state index in [4.69, 9.17) is 27.9 Å². The lowest BCUT2D eigenvalue weighted by Crippen LogP contribution is -1.97. The fraction of sp³-hybridized carbons (Fsp3) is 0.143. The van der Waals surface area contributed by atoms with Crippen molar-refractivity contribution in [2.24, 2.45) is 0 Å². The first kappa shape index (κ1) is 18.2. The van der Waals surface area contributed by atoms with Crippen LogP contribution in [0.15, 0.2) is 71.6 Å². The average molecular weight is 389 g/mol. The minimum absolute atomic E-state index is 0.497. The zero-order valence-electron chi connectivity index (χ0n) is 13.8. The largest absolute Gasteiger partial charge is 0.488 e. The zero-order valence-corrected chi connectivity index (χ0v) is 16.2. The minimum Gasteiger partial charge on any atom is -0.488 e. The smallest absolute Gasteiger partial charge is 0.127 e. The van der Waals surface area contributed by atoms with E-state index in [9.17, 15) is 0 Å². The summed E-state index contributed by atoms with van der Waals surface area (Å²) in [6, 6.07) is 21.8. The molecule has 0 radical (unpaired) electrons. The topological polar surface area (TPSA) is 9.23 Å². The molecule has 0 aromatic heterocycles. The lowest BCUT2D eigenvalue weighted by molar-refractivity contribution is 0.307. The Hall–Kier alpha value is -1.61. The van der Waals surface area contributed by atoms with Crippen LogP contribution in [0.5, 0.6) is 5.75 Å². The fourth-order valence-corrected chi connectivity index (χ4v) is 3.76. The van der Waals surface area contributed by atoms with Gasteiger partial charge in [0.15, 0.2) is 0 Å². The summed E-state index contributed by atoms with van der Waals surface area (Å²) < 4.78 is 6.04. The Balaban J connectivity index is 1.91. The monoisotopic (exact) mass is 388 g/mol. The molecule has 0 aliphatic rings. The summed E-state index contributed by atoms with van der Waals surface area (Å²) in [5, 5.41) is 1.36. The Bertz CT molecular complexity index is 850. The van der Waals surface area contributed by atoms with Crippen LogP contribution >= 0.6 is 35.0 Å². The van der Waals surface area contributed by atoms with E-state index in [0.717, 1.165) is 33.1 Å². The molecule has 4 heteroatoms. The quantitative estimate of drug-likeness (QED) is 0.408. The maximum Gasteiger partial charge on any atom is 0.127 e. The van der Waals surface area contributed by atoms with E-state index in [1.807, 2.05) is 60.7 Å². The number of hydrogen-bond acceptors (Lipinski definition) is 2. The highest BCUT2D eigenvalue weighted by molar-refractivity contribution is 7.99. The normalized spacial score (nSPS) is 10.7. The Morgan fingerprint density at radius 3 is 2.40 bits per heavy atom. The Morgan fingerprint density at radius 2 is 1.68 bits per heavy atom. The Kier molecular flexibility index (Phi) is 6.30. The fourth-order valence-electron chi connectivity index (χ4n) is 2.54. The lowest BCUT2D eigenvalue weighted by atomic mass is 10.0. The van der Waals surface area contributed by atoms with Crippen molar-refractivity contribution in [3.63, 3.8) is 0 Å². The molecule has 3 aromatic carbocycles. The summed E-state index contributed by atoms with van der Waals surface area (Å²) in [5.74, 6) is 1.78. The lowest BCUT2D eigenvalue weighted by Gasteiger charge is -2.14. The van der Waals surface area contributed by atoms with Crippen LogP contribution in [-0.2, 0) is 6.61 Å². The molecule has 1 nitrogen and oxygen atoms in total. The van der Waals surface area contributed by atoms with Crippen molar-refractivity contribution in [2.45, 2.75) is 18.4 Å². The highest BCUT2D eigenvalue weighted by Crippen LogP contribution is 2.38.